The van der Waals surface area contributed by atoms with Crippen molar-refractivity contribution in [2.45, 2.75) is 13.8 Å². The van der Waals surface area contributed by atoms with Crippen molar-refractivity contribution in [1.82, 2.24) is 4.98 Å². The van der Waals surface area contributed by atoms with Crippen molar-refractivity contribution in [3.8, 4) is 11.3 Å². The van der Waals surface area contributed by atoms with Crippen LogP contribution in [0.1, 0.15) is 16.7 Å². The molecule has 0 fully saturated rings. The Hall–Kier alpha value is -2.24. The molecule has 3 aromatic rings. The van der Waals surface area contributed by atoms with Crippen LogP contribution in [0.25, 0.3) is 11.3 Å². The third kappa shape index (κ3) is 3.89. The highest BCUT2D eigenvalue weighted by molar-refractivity contribution is 7.14. The number of thiazole rings is 1. The fourth-order valence-corrected chi connectivity index (χ4v) is 3.36. The number of benzene rings is 2. The van der Waals surface area contributed by atoms with Crippen LogP contribution in [0.3, 0.4) is 0 Å². The Bertz CT molecular complexity index is 936. The standard InChI is InChI=1S/C19H17ClFN3S/c1-12-8-13(2)17(21)9-14(12)10-22-24(3)19-23-18(11-25-19)15-6-4-5-7-16(15)20/h4-11H,1-3H3/b22-10+. The summed E-state index contributed by atoms with van der Waals surface area (Å²) in [5.41, 5.74) is 4.06. The highest BCUT2D eigenvalue weighted by Crippen LogP contribution is 2.31. The maximum Gasteiger partial charge on any atom is 0.206 e. The van der Waals surface area contributed by atoms with Crippen LogP contribution in [0.15, 0.2) is 46.9 Å². The molecule has 0 bridgehead atoms. The number of halogens is 2. The molecule has 6 heteroatoms. The first-order valence-corrected chi connectivity index (χ1v) is 8.96. The molecular formula is C19H17ClFN3S. The number of aryl methyl sites for hydroxylation is 2. The van der Waals surface area contributed by atoms with Crippen LogP contribution in [-0.4, -0.2) is 18.2 Å². The van der Waals surface area contributed by atoms with E-state index >= 15 is 0 Å². The van der Waals surface area contributed by atoms with Crippen molar-refractivity contribution in [3.63, 3.8) is 0 Å². The van der Waals surface area contributed by atoms with Gasteiger partial charge >= 0.3 is 0 Å². The second kappa shape index (κ2) is 7.33. The van der Waals surface area contributed by atoms with Gasteiger partial charge in [-0.3, -0.25) is 0 Å². The van der Waals surface area contributed by atoms with Crippen LogP contribution in [0.4, 0.5) is 9.52 Å². The summed E-state index contributed by atoms with van der Waals surface area (Å²) < 4.78 is 13.7. The molecule has 25 heavy (non-hydrogen) atoms. The van der Waals surface area contributed by atoms with E-state index in [0.717, 1.165) is 27.5 Å². The van der Waals surface area contributed by atoms with Gasteiger partial charge in [0.15, 0.2) is 0 Å². The SMILES string of the molecule is Cc1cc(C)c(/C=N/N(C)c2nc(-c3ccccc3Cl)cs2)cc1F. The van der Waals surface area contributed by atoms with Crippen molar-refractivity contribution >= 4 is 34.3 Å². The number of aromatic nitrogens is 1. The van der Waals surface area contributed by atoms with Gasteiger partial charge in [-0.25, -0.2) is 14.4 Å². The molecule has 1 heterocycles. The second-order valence-electron chi connectivity index (χ2n) is 5.72. The summed E-state index contributed by atoms with van der Waals surface area (Å²) in [5, 5.41) is 9.39. The predicted octanol–water partition coefficient (Wildman–Crippen LogP) is 5.69. The molecule has 0 saturated carbocycles. The normalized spacial score (nSPS) is 11.2. The largest absolute Gasteiger partial charge is 0.242 e. The smallest absolute Gasteiger partial charge is 0.206 e. The van der Waals surface area contributed by atoms with Crippen LogP contribution >= 0.6 is 22.9 Å². The van der Waals surface area contributed by atoms with Gasteiger partial charge in [0.25, 0.3) is 0 Å². The third-order valence-corrected chi connectivity index (χ3v) is 5.07. The number of rotatable bonds is 4. The molecule has 128 valence electrons. The molecule has 0 N–H and O–H groups in total. The molecule has 2 aromatic carbocycles. The molecule has 0 atom stereocenters. The quantitative estimate of drug-likeness (QED) is 0.434. The highest BCUT2D eigenvalue weighted by Gasteiger charge is 2.10. The Labute approximate surface area is 155 Å². The van der Waals surface area contributed by atoms with E-state index in [0.29, 0.717) is 10.6 Å². The van der Waals surface area contributed by atoms with E-state index in [2.05, 4.69) is 10.1 Å². The summed E-state index contributed by atoms with van der Waals surface area (Å²) in [6, 6.07) is 10.9. The Morgan fingerprint density at radius 1 is 1.20 bits per heavy atom. The zero-order valence-corrected chi connectivity index (χ0v) is 15.7. The molecule has 0 spiro atoms. The first kappa shape index (κ1) is 17.6. The van der Waals surface area contributed by atoms with Gasteiger partial charge in [-0.1, -0.05) is 35.9 Å². The number of hydrazone groups is 1. The Morgan fingerprint density at radius 2 is 1.96 bits per heavy atom. The molecule has 0 saturated heterocycles. The van der Waals surface area contributed by atoms with E-state index in [1.54, 1.807) is 18.1 Å². The van der Waals surface area contributed by atoms with E-state index < -0.39 is 0 Å². The number of nitrogens with zero attached hydrogens (tertiary/aromatic N) is 3. The zero-order valence-electron chi connectivity index (χ0n) is 14.1. The van der Waals surface area contributed by atoms with Gasteiger partial charge in [-0.15, -0.1) is 11.3 Å². The topological polar surface area (TPSA) is 28.5 Å². The fraction of sp³-hybridized carbons (Fsp3) is 0.158. The summed E-state index contributed by atoms with van der Waals surface area (Å²) in [7, 11) is 1.81. The number of hydrogen-bond donors (Lipinski definition) is 0. The van der Waals surface area contributed by atoms with E-state index in [-0.39, 0.29) is 5.82 Å². The summed E-state index contributed by atoms with van der Waals surface area (Å²) >= 11 is 7.69. The van der Waals surface area contributed by atoms with E-state index in [4.69, 9.17) is 11.6 Å². The number of hydrogen-bond acceptors (Lipinski definition) is 4. The van der Waals surface area contributed by atoms with E-state index in [1.165, 1.54) is 17.4 Å². The summed E-state index contributed by atoms with van der Waals surface area (Å²) in [4.78, 5) is 4.58. The van der Waals surface area contributed by atoms with Crippen LogP contribution in [0, 0.1) is 19.7 Å². The maximum atomic E-state index is 13.7. The maximum absolute atomic E-state index is 13.7. The predicted molar refractivity (Wildman–Crippen MR) is 104 cm³/mol. The average Bonchev–Trinajstić information content (AvgIpc) is 3.07. The summed E-state index contributed by atoms with van der Waals surface area (Å²) in [6.45, 7) is 3.69. The van der Waals surface area contributed by atoms with Gasteiger partial charge in [0.1, 0.15) is 5.82 Å². The van der Waals surface area contributed by atoms with Gasteiger partial charge in [0.05, 0.1) is 11.9 Å². The minimum atomic E-state index is -0.232. The minimum absolute atomic E-state index is 0.232. The molecule has 0 aliphatic heterocycles. The average molecular weight is 374 g/mol. The lowest BCUT2D eigenvalue weighted by atomic mass is 10.1. The highest BCUT2D eigenvalue weighted by atomic mass is 35.5. The van der Waals surface area contributed by atoms with Crippen molar-refractivity contribution < 1.29 is 4.39 Å². The minimum Gasteiger partial charge on any atom is -0.242 e. The summed E-state index contributed by atoms with van der Waals surface area (Å²) in [5.74, 6) is -0.232. The van der Waals surface area contributed by atoms with E-state index in [9.17, 15) is 4.39 Å². The van der Waals surface area contributed by atoms with Crippen molar-refractivity contribution in [2.75, 3.05) is 12.1 Å². The Kier molecular flexibility index (Phi) is 5.16. The molecule has 0 unspecified atom stereocenters. The number of anilines is 1. The fourth-order valence-electron chi connectivity index (χ4n) is 2.38. The van der Waals surface area contributed by atoms with Crippen molar-refractivity contribution in [2.24, 2.45) is 5.10 Å². The van der Waals surface area contributed by atoms with Crippen molar-refractivity contribution in [1.29, 1.82) is 0 Å². The monoisotopic (exact) mass is 373 g/mol. The first-order chi connectivity index (χ1) is 12.0. The molecule has 0 radical (unpaired) electrons. The molecule has 0 amide bonds. The zero-order chi connectivity index (χ0) is 18.0. The van der Waals surface area contributed by atoms with Gasteiger partial charge in [-0.05, 0) is 37.1 Å². The second-order valence-corrected chi connectivity index (χ2v) is 6.97. The molecular weight excluding hydrogens is 357 g/mol. The van der Waals surface area contributed by atoms with Crippen LogP contribution in [-0.2, 0) is 0 Å². The molecule has 0 aliphatic carbocycles. The lowest BCUT2D eigenvalue weighted by Gasteiger charge is -2.09. The lowest BCUT2D eigenvalue weighted by molar-refractivity contribution is 0.618. The Balaban J connectivity index is 1.82. The third-order valence-electron chi connectivity index (χ3n) is 3.84. The van der Waals surface area contributed by atoms with Crippen LogP contribution in [0.5, 0.6) is 0 Å². The molecule has 0 aliphatic rings. The van der Waals surface area contributed by atoms with Gasteiger partial charge in [-0.2, -0.15) is 5.10 Å². The van der Waals surface area contributed by atoms with Crippen molar-refractivity contribution in [3.05, 3.63) is 69.3 Å². The van der Waals surface area contributed by atoms with E-state index in [1.807, 2.05) is 49.7 Å². The molecule has 1 aromatic heterocycles. The first-order valence-electron chi connectivity index (χ1n) is 7.70. The van der Waals surface area contributed by atoms with Gasteiger partial charge < -0.3 is 0 Å². The Morgan fingerprint density at radius 3 is 2.72 bits per heavy atom. The lowest BCUT2D eigenvalue weighted by Crippen LogP contribution is -2.09. The van der Waals surface area contributed by atoms with Gasteiger partial charge in [0.2, 0.25) is 5.13 Å². The molecule has 3 nitrogen and oxygen atoms in total. The molecule has 3 rings (SSSR count). The van der Waals surface area contributed by atoms with Gasteiger partial charge in [0, 0.05) is 28.6 Å². The van der Waals surface area contributed by atoms with Crippen LogP contribution in [0.2, 0.25) is 5.02 Å². The van der Waals surface area contributed by atoms with Crippen LogP contribution < -0.4 is 5.01 Å². The summed E-state index contributed by atoms with van der Waals surface area (Å²) in [6.07, 6.45) is 1.65.